The SMILES string of the molecule is Cn1cc(C(=O)N2CCCC3=C[C@H]4C[C@@H](CN5CCCCC45)C32)c(=O)c2cc(F)cc(F)c21. The fourth-order valence-corrected chi connectivity index (χ4v) is 7.07. The molecule has 1 amide bonds. The van der Waals surface area contributed by atoms with Crippen LogP contribution in [0.2, 0.25) is 0 Å². The van der Waals surface area contributed by atoms with Gasteiger partial charge in [0.15, 0.2) is 0 Å². The maximum atomic E-state index is 14.4. The number of rotatable bonds is 1. The average Bonchev–Trinajstić information content (AvgIpc) is 2.80. The first kappa shape index (κ1) is 21.0. The predicted molar refractivity (Wildman–Crippen MR) is 122 cm³/mol. The summed E-state index contributed by atoms with van der Waals surface area (Å²) in [6.07, 6.45) is 10.6. The number of amides is 1. The maximum Gasteiger partial charge on any atom is 0.259 e. The summed E-state index contributed by atoms with van der Waals surface area (Å²) >= 11 is 0. The number of nitrogens with zero attached hydrogens (tertiary/aromatic N) is 3. The average molecular weight is 454 g/mol. The Balaban J connectivity index is 1.40. The van der Waals surface area contributed by atoms with E-state index in [1.807, 2.05) is 4.90 Å². The highest BCUT2D eigenvalue weighted by Crippen LogP contribution is 2.45. The molecule has 1 aromatic carbocycles. The van der Waals surface area contributed by atoms with Gasteiger partial charge < -0.3 is 9.47 Å². The molecule has 0 N–H and O–H groups in total. The van der Waals surface area contributed by atoms with E-state index in [4.69, 9.17) is 0 Å². The third kappa shape index (κ3) is 3.27. The Labute approximate surface area is 191 Å². The van der Waals surface area contributed by atoms with Crippen molar-refractivity contribution in [1.29, 1.82) is 0 Å². The van der Waals surface area contributed by atoms with E-state index in [-0.39, 0.29) is 28.4 Å². The summed E-state index contributed by atoms with van der Waals surface area (Å²) in [7, 11) is 1.59. The van der Waals surface area contributed by atoms with Crippen LogP contribution in [0.5, 0.6) is 0 Å². The molecule has 2 unspecified atom stereocenters. The van der Waals surface area contributed by atoms with Crippen LogP contribution in [0.3, 0.4) is 0 Å². The van der Waals surface area contributed by atoms with E-state index in [0.717, 1.165) is 44.5 Å². The second kappa shape index (κ2) is 7.76. The zero-order valence-corrected chi connectivity index (χ0v) is 18.9. The van der Waals surface area contributed by atoms with Crippen molar-refractivity contribution in [3.63, 3.8) is 0 Å². The first-order valence-corrected chi connectivity index (χ1v) is 12.2. The molecule has 33 heavy (non-hydrogen) atoms. The summed E-state index contributed by atoms with van der Waals surface area (Å²) in [5.41, 5.74) is 0.748. The Morgan fingerprint density at radius 3 is 2.82 bits per heavy atom. The number of hydrogen-bond donors (Lipinski definition) is 0. The molecule has 3 fully saturated rings. The number of aromatic nitrogens is 1. The number of pyridine rings is 1. The first-order valence-electron chi connectivity index (χ1n) is 12.2. The van der Waals surface area contributed by atoms with Crippen LogP contribution in [-0.2, 0) is 7.05 Å². The summed E-state index contributed by atoms with van der Waals surface area (Å²) in [5.74, 6) is -1.01. The second-order valence-electron chi connectivity index (χ2n) is 10.3. The van der Waals surface area contributed by atoms with Crippen LogP contribution in [0.15, 0.2) is 34.8 Å². The number of carbonyl (C=O) groups excluding carboxylic acids is 1. The number of carbonyl (C=O) groups is 1. The van der Waals surface area contributed by atoms with Crippen LogP contribution in [0.1, 0.15) is 48.9 Å². The van der Waals surface area contributed by atoms with Gasteiger partial charge in [0.2, 0.25) is 5.43 Å². The monoisotopic (exact) mass is 453 g/mol. The van der Waals surface area contributed by atoms with Gasteiger partial charge >= 0.3 is 0 Å². The Kier molecular flexibility index (Phi) is 4.94. The molecule has 0 saturated carbocycles. The number of fused-ring (bicyclic) bond motifs is 7. The predicted octanol–water partition coefficient (Wildman–Crippen LogP) is 3.85. The Morgan fingerprint density at radius 1 is 1.12 bits per heavy atom. The van der Waals surface area contributed by atoms with Crippen molar-refractivity contribution < 1.29 is 13.6 Å². The van der Waals surface area contributed by atoms with Crippen LogP contribution in [-0.4, -0.2) is 52.0 Å². The van der Waals surface area contributed by atoms with Crippen molar-refractivity contribution in [3.05, 3.63) is 57.4 Å². The summed E-state index contributed by atoms with van der Waals surface area (Å²) in [6.45, 7) is 2.73. The van der Waals surface area contributed by atoms with E-state index in [1.165, 1.54) is 35.6 Å². The fourth-order valence-electron chi connectivity index (χ4n) is 7.07. The van der Waals surface area contributed by atoms with Gasteiger partial charge in [-0.1, -0.05) is 18.1 Å². The topological polar surface area (TPSA) is 45.6 Å². The van der Waals surface area contributed by atoms with E-state index in [1.54, 1.807) is 7.05 Å². The van der Waals surface area contributed by atoms with E-state index in [2.05, 4.69) is 11.0 Å². The van der Waals surface area contributed by atoms with Gasteiger partial charge in [-0.25, -0.2) is 8.78 Å². The maximum absolute atomic E-state index is 14.4. The summed E-state index contributed by atoms with van der Waals surface area (Å²) in [4.78, 5) is 31.5. The van der Waals surface area contributed by atoms with Gasteiger partial charge in [-0.15, -0.1) is 0 Å². The lowest BCUT2D eigenvalue weighted by Gasteiger charge is -2.54. The van der Waals surface area contributed by atoms with E-state index in [9.17, 15) is 18.4 Å². The lowest BCUT2D eigenvalue weighted by Crippen LogP contribution is -2.60. The highest BCUT2D eigenvalue weighted by atomic mass is 19.1. The number of piperidine rings is 3. The molecule has 4 atom stereocenters. The summed E-state index contributed by atoms with van der Waals surface area (Å²) in [6, 6.07) is 2.43. The van der Waals surface area contributed by atoms with Crippen molar-refractivity contribution >= 4 is 16.8 Å². The van der Waals surface area contributed by atoms with E-state index < -0.39 is 17.1 Å². The highest BCUT2D eigenvalue weighted by molar-refractivity contribution is 5.98. The Hall–Kier alpha value is -2.54. The number of halogens is 2. The molecule has 4 aliphatic rings. The van der Waals surface area contributed by atoms with Crippen LogP contribution < -0.4 is 5.43 Å². The normalized spacial score (nSPS) is 29.4. The molecule has 4 heterocycles. The molecule has 1 aliphatic carbocycles. The number of aryl methyl sites for hydroxylation is 1. The van der Waals surface area contributed by atoms with Crippen molar-refractivity contribution in [2.75, 3.05) is 19.6 Å². The number of benzene rings is 1. The number of likely N-dealkylation sites (tertiary alicyclic amines) is 1. The molecule has 6 rings (SSSR count). The molecule has 1 aromatic heterocycles. The molecular weight excluding hydrogens is 424 g/mol. The highest BCUT2D eigenvalue weighted by Gasteiger charge is 2.47. The summed E-state index contributed by atoms with van der Waals surface area (Å²) < 4.78 is 29.7. The molecule has 3 saturated heterocycles. The van der Waals surface area contributed by atoms with Crippen molar-refractivity contribution in [1.82, 2.24) is 14.4 Å². The summed E-state index contributed by atoms with van der Waals surface area (Å²) in [5, 5.41) is -0.0915. The molecular formula is C26H29F2N3O2. The van der Waals surface area contributed by atoms with Crippen LogP contribution in [0, 0.1) is 23.5 Å². The third-order valence-electron chi connectivity index (χ3n) is 8.34. The first-order chi connectivity index (χ1) is 15.9. The molecule has 0 radical (unpaired) electrons. The van der Waals surface area contributed by atoms with Crippen molar-refractivity contribution in [2.45, 2.75) is 50.6 Å². The zero-order chi connectivity index (χ0) is 22.9. The fraction of sp³-hybridized carbons (Fsp3) is 0.538. The minimum Gasteiger partial charge on any atom is -0.347 e. The van der Waals surface area contributed by atoms with Gasteiger partial charge in [0.05, 0.1) is 16.9 Å². The molecule has 0 spiro atoms. The quantitative estimate of drug-likeness (QED) is 0.617. The lowest BCUT2D eigenvalue weighted by molar-refractivity contribution is 0.00142. The second-order valence-corrected chi connectivity index (χ2v) is 10.3. The van der Waals surface area contributed by atoms with Gasteiger partial charge in [0.25, 0.3) is 5.91 Å². The van der Waals surface area contributed by atoms with Gasteiger partial charge in [-0.05, 0) is 56.6 Å². The van der Waals surface area contributed by atoms with E-state index in [0.29, 0.717) is 24.4 Å². The molecule has 3 aliphatic heterocycles. The van der Waals surface area contributed by atoms with Gasteiger partial charge in [0.1, 0.15) is 17.2 Å². The van der Waals surface area contributed by atoms with Gasteiger partial charge in [-0.3, -0.25) is 14.5 Å². The van der Waals surface area contributed by atoms with Gasteiger partial charge in [-0.2, -0.15) is 0 Å². The molecule has 174 valence electrons. The molecule has 5 nitrogen and oxygen atoms in total. The smallest absolute Gasteiger partial charge is 0.259 e. The number of hydrogen-bond acceptors (Lipinski definition) is 3. The zero-order valence-electron chi connectivity index (χ0n) is 18.9. The molecule has 2 aromatic rings. The third-order valence-corrected chi connectivity index (χ3v) is 8.34. The lowest BCUT2D eigenvalue weighted by atomic mass is 9.68. The van der Waals surface area contributed by atoms with E-state index >= 15 is 0 Å². The van der Waals surface area contributed by atoms with Crippen LogP contribution >= 0.6 is 0 Å². The minimum absolute atomic E-state index is 0.00923. The van der Waals surface area contributed by atoms with Crippen molar-refractivity contribution in [3.8, 4) is 0 Å². The van der Waals surface area contributed by atoms with Crippen LogP contribution in [0.25, 0.3) is 10.9 Å². The van der Waals surface area contributed by atoms with Gasteiger partial charge in [0, 0.05) is 38.4 Å². The van der Waals surface area contributed by atoms with Crippen LogP contribution in [0.4, 0.5) is 8.78 Å². The van der Waals surface area contributed by atoms with Crippen molar-refractivity contribution in [2.24, 2.45) is 18.9 Å². The minimum atomic E-state index is -0.818. The molecule has 2 bridgehead atoms. The Morgan fingerprint density at radius 2 is 1.97 bits per heavy atom. The largest absolute Gasteiger partial charge is 0.347 e. The molecule has 7 heteroatoms. The Bertz CT molecular complexity index is 1240. The standard InChI is InChI=1S/C26H29F2N3O2/c1-29-14-20(25(32)19-11-18(27)12-21(28)24(19)29)26(33)31-8-4-5-15-9-16-10-17(23(15)31)13-30-7-3-2-6-22(16)30/h9,11-12,14,16-17,22-23H,2-8,10,13H2,1H3/t16-,17-,22?,23?/m0/s1.